The number of phenolic OH excluding ortho intramolecular Hbond substituents is 1. The lowest BCUT2D eigenvalue weighted by molar-refractivity contribution is 0.0948. The van der Waals surface area contributed by atoms with Gasteiger partial charge in [-0.05, 0) is 37.1 Å². The molecule has 3 nitrogen and oxygen atoms in total. The van der Waals surface area contributed by atoms with Gasteiger partial charge in [-0.1, -0.05) is 35.9 Å². The fourth-order valence-corrected chi connectivity index (χ4v) is 1.93. The summed E-state index contributed by atoms with van der Waals surface area (Å²) in [7, 11) is 0. The molecule has 0 saturated carbocycles. The van der Waals surface area contributed by atoms with Crippen LogP contribution in [-0.4, -0.2) is 11.0 Å². The van der Waals surface area contributed by atoms with Crippen LogP contribution < -0.4 is 5.32 Å². The third-order valence-corrected chi connectivity index (χ3v) is 2.93. The number of benzene rings is 2. The minimum absolute atomic E-state index is 0.0155. The molecule has 0 aliphatic carbocycles. The lowest BCUT2D eigenvalue weighted by atomic mass is 10.1. The first-order valence-electron chi connectivity index (χ1n) is 6.19. The Morgan fingerprint density at radius 3 is 2.53 bits per heavy atom. The van der Waals surface area contributed by atoms with Gasteiger partial charge in [-0.25, -0.2) is 0 Å². The number of hydrogen-bond donors (Lipinski definition) is 2. The largest absolute Gasteiger partial charge is 0.507 e. The van der Waals surface area contributed by atoms with Crippen LogP contribution in [0.1, 0.15) is 27.0 Å². The van der Waals surface area contributed by atoms with Gasteiger partial charge in [0.1, 0.15) is 5.75 Å². The van der Waals surface area contributed by atoms with E-state index in [0.29, 0.717) is 12.1 Å². The third-order valence-electron chi connectivity index (χ3n) is 2.93. The van der Waals surface area contributed by atoms with E-state index < -0.39 is 0 Å². The number of nitrogens with one attached hydrogen (secondary N) is 1. The summed E-state index contributed by atoms with van der Waals surface area (Å²) in [6, 6.07) is 13.0. The predicted octanol–water partition coefficient (Wildman–Crippen LogP) is 2.94. The van der Waals surface area contributed by atoms with Gasteiger partial charge in [0.15, 0.2) is 0 Å². The first-order chi connectivity index (χ1) is 9.06. The highest BCUT2D eigenvalue weighted by Gasteiger charge is 2.10. The number of aromatic hydroxyl groups is 1. The van der Waals surface area contributed by atoms with E-state index >= 15 is 0 Å². The minimum atomic E-state index is -0.265. The van der Waals surface area contributed by atoms with Crippen molar-refractivity contribution < 1.29 is 9.90 Å². The van der Waals surface area contributed by atoms with Crippen molar-refractivity contribution in [2.75, 3.05) is 0 Å². The molecule has 2 N–H and O–H groups in total. The summed E-state index contributed by atoms with van der Waals surface area (Å²) < 4.78 is 0. The van der Waals surface area contributed by atoms with Crippen LogP contribution in [0.4, 0.5) is 0 Å². The Kier molecular flexibility index (Phi) is 3.85. The molecule has 98 valence electrons. The van der Waals surface area contributed by atoms with Gasteiger partial charge in [0.25, 0.3) is 5.91 Å². The summed E-state index contributed by atoms with van der Waals surface area (Å²) in [5.41, 5.74) is 3.43. The molecule has 0 aliphatic heterocycles. The maximum absolute atomic E-state index is 12.0. The molecule has 2 aromatic carbocycles. The Morgan fingerprint density at radius 1 is 1.11 bits per heavy atom. The lowest BCUT2D eigenvalue weighted by Crippen LogP contribution is -2.22. The highest BCUT2D eigenvalue weighted by Crippen LogP contribution is 2.18. The number of hydrogen-bond acceptors (Lipinski definition) is 2. The average molecular weight is 255 g/mol. The molecular weight excluding hydrogens is 238 g/mol. The SMILES string of the molecule is Cc1cccc(CNC(=O)c2ccc(C)cc2O)c1. The maximum atomic E-state index is 12.0. The molecule has 0 fully saturated rings. The highest BCUT2D eigenvalue weighted by molar-refractivity contribution is 5.96. The Hall–Kier alpha value is -2.29. The van der Waals surface area contributed by atoms with Crippen LogP contribution in [0.25, 0.3) is 0 Å². The molecule has 19 heavy (non-hydrogen) atoms. The summed E-state index contributed by atoms with van der Waals surface area (Å²) in [5, 5.41) is 12.5. The molecule has 0 heterocycles. The van der Waals surface area contributed by atoms with E-state index in [2.05, 4.69) is 5.32 Å². The van der Waals surface area contributed by atoms with E-state index in [1.54, 1.807) is 18.2 Å². The Bertz CT molecular complexity index is 605. The normalized spacial score (nSPS) is 10.2. The molecule has 3 heteroatoms. The van der Waals surface area contributed by atoms with Crippen molar-refractivity contribution in [3.63, 3.8) is 0 Å². The smallest absolute Gasteiger partial charge is 0.255 e. The summed E-state index contributed by atoms with van der Waals surface area (Å²) in [4.78, 5) is 12.0. The molecular formula is C16H17NO2. The molecule has 2 aromatic rings. The molecule has 0 spiro atoms. The third kappa shape index (κ3) is 3.35. The van der Waals surface area contributed by atoms with E-state index in [1.807, 2.05) is 38.1 Å². The zero-order valence-electron chi connectivity index (χ0n) is 11.1. The fraction of sp³-hybridized carbons (Fsp3) is 0.188. The van der Waals surface area contributed by atoms with Gasteiger partial charge in [0.05, 0.1) is 5.56 Å². The summed E-state index contributed by atoms with van der Waals surface area (Å²) in [6.45, 7) is 4.33. The van der Waals surface area contributed by atoms with Gasteiger partial charge in [0, 0.05) is 6.54 Å². The predicted molar refractivity (Wildman–Crippen MR) is 75.2 cm³/mol. The second kappa shape index (κ2) is 5.57. The van der Waals surface area contributed by atoms with E-state index in [4.69, 9.17) is 0 Å². The molecule has 0 atom stereocenters. The molecule has 0 bridgehead atoms. The quantitative estimate of drug-likeness (QED) is 0.886. The monoisotopic (exact) mass is 255 g/mol. The Labute approximate surface area is 112 Å². The van der Waals surface area contributed by atoms with Gasteiger partial charge < -0.3 is 10.4 Å². The first kappa shape index (κ1) is 13.1. The zero-order valence-corrected chi connectivity index (χ0v) is 11.1. The molecule has 0 aliphatic rings. The van der Waals surface area contributed by atoms with Crippen molar-refractivity contribution in [2.45, 2.75) is 20.4 Å². The van der Waals surface area contributed by atoms with Gasteiger partial charge in [-0.15, -0.1) is 0 Å². The van der Waals surface area contributed by atoms with Crippen LogP contribution in [0.5, 0.6) is 5.75 Å². The number of carbonyl (C=O) groups is 1. The molecule has 0 aromatic heterocycles. The number of phenols is 1. The van der Waals surface area contributed by atoms with Crippen LogP contribution in [-0.2, 0) is 6.54 Å². The van der Waals surface area contributed by atoms with Gasteiger partial charge >= 0.3 is 0 Å². The summed E-state index contributed by atoms with van der Waals surface area (Å²) >= 11 is 0. The highest BCUT2D eigenvalue weighted by atomic mass is 16.3. The van der Waals surface area contributed by atoms with Gasteiger partial charge in [-0.3, -0.25) is 4.79 Å². The van der Waals surface area contributed by atoms with E-state index in [-0.39, 0.29) is 11.7 Å². The van der Waals surface area contributed by atoms with E-state index in [9.17, 15) is 9.90 Å². The Morgan fingerprint density at radius 2 is 1.84 bits per heavy atom. The second-order valence-electron chi connectivity index (χ2n) is 4.69. The van der Waals surface area contributed by atoms with Crippen molar-refractivity contribution in [1.29, 1.82) is 0 Å². The maximum Gasteiger partial charge on any atom is 0.255 e. The zero-order chi connectivity index (χ0) is 13.8. The topological polar surface area (TPSA) is 49.3 Å². The fourth-order valence-electron chi connectivity index (χ4n) is 1.93. The molecule has 0 saturated heterocycles. The van der Waals surface area contributed by atoms with Crippen molar-refractivity contribution >= 4 is 5.91 Å². The van der Waals surface area contributed by atoms with Crippen LogP contribution in [0.15, 0.2) is 42.5 Å². The number of amides is 1. The van der Waals surface area contributed by atoms with Crippen LogP contribution in [0.3, 0.4) is 0 Å². The summed E-state index contributed by atoms with van der Waals surface area (Å²) in [6.07, 6.45) is 0. The standard InChI is InChI=1S/C16H17NO2/c1-11-4-3-5-13(8-11)10-17-16(19)14-7-6-12(2)9-15(14)18/h3-9,18H,10H2,1-2H3,(H,17,19). The number of rotatable bonds is 3. The molecule has 0 radical (unpaired) electrons. The van der Waals surface area contributed by atoms with Crippen LogP contribution >= 0.6 is 0 Å². The van der Waals surface area contributed by atoms with Crippen molar-refractivity contribution in [2.24, 2.45) is 0 Å². The second-order valence-corrected chi connectivity index (χ2v) is 4.69. The molecule has 2 rings (SSSR count). The average Bonchev–Trinajstić information content (AvgIpc) is 2.36. The van der Waals surface area contributed by atoms with Crippen LogP contribution in [0.2, 0.25) is 0 Å². The van der Waals surface area contributed by atoms with Crippen molar-refractivity contribution in [3.05, 3.63) is 64.7 Å². The molecule has 1 amide bonds. The Balaban J connectivity index is 2.05. The molecule has 0 unspecified atom stereocenters. The van der Waals surface area contributed by atoms with E-state index in [1.165, 1.54) is 0 Å². The van der Waals surface area contributed by atoms with E-state index in [0.717, 1.165) is 16.7 Å². The minimum Gasteiger partial charge on any atom is -0.507 e. The van der Waals surface area contributed by atoms with Gasteiger partial charge in [-0.2, -0.15) is 0 Å². The summed E-state index contributed by atoms with van der Waals surface area (Å²) in [5.74, 6) is -0.249. The number of carbonyl (C=O) groups excluding carboxylic acids is 1. The van der Waals surface area contributed by atoms with Crippen LogP contribution in [0, 0.1) is 13.8 Å². The van der Waals surface area contributed by atoms with Crippen molar-refractivity contribution in [3.8, 4) is 5.75 Å². The lowest BCUT2D eigenvalue weighted by Gasteiger charge is -2.08. The first-order valence-corrected chi connectivity index (χ1v) is 6.19. The van der Waals surface area contributed by atoms with Crippen molar-refractivity contribution in [1.82, 2.24) is 5.32 Å². The number of aryl methyl sites for hydroxylation is 2. The van der Waals surface area contributed by atoms with Gasteiger partial charge in [0.2, 0.25) is 0 Å².